The molecule has 6 rings (SSSR count). The van der Waals surface area contributed by atoms with E-state index >= 15 is 0 Å². The van der Waals surface area contributed by atoms with Crippen LogP contribution in [0.1, 0.15) is 66.1 Å². The second-order valence-electron chi connectivity index (χ2n) is 13.7. The lowest BCUT2D eigenvalue weighted by atomic mass is 9.76. The monoisotopic (exact) mass is 764 g/mol. The van der Waals surface area contributed by atoms with Gasteiger partial charge in [0.05, 0.1) is 41.9 Å². The molecule has 3 heterocycles. The first kappa shape index (κ1) is 38.6. The van der Waals surface area contributed by atoms with Crippen LogP contribution in [0.2, 0.25) is 10.0 Å². The van der Waals surface area contributed by atoms with Gasteiger partial charge in [0.1, 0.15) is 0 Å². The predicted molar refractivity (Wildman–Crippen MR) is 204 cm³/mol. The van der Waals surface area contributed by atoms with E-state index in [0.717, 1.165) is 61.9 Å². The van der Waals surface area contributed by atoms with Gasteiger partial charge >= 0.3 is 5.97 Å². The lowest BCUT2D eigenvalue weighted by Gasteiger charge is -2.36. The zero-order valence-electron chi connectivity index (χ0n) is 30.7. The maximum atomic E-state index is 14.0. The summed E-state index contributed by atoms with van der Waals surface area (Å²) in [6.45, 7) is 8.30. The van der Waals surface area contributed by atoms with E-state index < -0.39 is 5.97 Å². The number of piperidine rings is 1. The normalized spacial score (nSPS) is 18.0. The summed E-state index contributed by atoms with van der Waals surface area (Å²) in [4.78, 5) is 48.7. The molecule has 282 valence electrons. The zero-order valence-corrected chi connectivity index (χ0v) is 32.2. The molecule has 0 radical (unpaired) electrons. The molecule has 0 N–H and O–H groups in total. The number of carbonyl (C=O) groups is 3. The van der Waals surface area contributed by atoms with Crippen molar-refractivity contribution in [2.24, 2.45) is 5.92 Å². The van der Waals surface area contributed by atoms with Crippen molar-refractivity contribution in [2.45, 2.75) is 51.5 Å². The van der Waals surface area contributed by atoms with Crippen molar-refractivity contribution in [1.29, 1.82) is 0 Å². The van der Waals surface area contributed by atoms with Gasteiger partial charge in [0.2, 0.25) is 11.5 Å². The van der Waals surface area contributed by atoms with E-state index in [1.165, 1.54) is 21.1 Å². The molecule has 3 aromatic carbocycles. The number of likely N-dealkylation sites (tertiary alicyclic amines) is 2. The number of hydrogen-bond acceptors (Lipinski definition) is 9. The van der Waals surface area contributed by atoms with E-state index in [9.17, 15) is 14.4 Å². The molecule has 2 fully saturated rings. The van der Waals surface area contributed by atoms with E-state index in [4.69, 9.17) is 47.1 Å². The highest BCUT2D eigenvalue weighted by Gasteiger charge is 2.42. The Labute approximate surface area is 320 Å². The lowest BCUT2D eigenvalue weighted by molar-refractivity contribution is -0.132. The number of benzene rings is 3. The van der Waals surface area contributed by atoms with E-state index in [1.807, 2.05) is 58.9 Å². The number of amides is 1. The Hall–Kier alpha value is -4.16. The third-order valence-electron chi connectivity index (χ3n) is 10.5. The maximum absolute atomic E-state index is 14.0. The number of carbonyl (C=O) groups excluding carboxylic acids is 3. The number of ketones is 1. The van der Waals surface area contributed by atoms with Crippen LogP contribution < -0.4 is 14.2 Å². The molecular weight excluding hydrogens is 719 g/mol. The Morgan fingerprint density at radius 1 is 0.925 bits per heavy atom. The van der Waals surface area contributed by atoms with Gasteiger partial charge in [-0.2, -0.15) is 0 Å². The number of para-hydroxylation sites is 2. The number of rotatable bonds is 14. The molecule has 0 aliphatic carbocycles. The third kappa shape index (κ3) is 8.33. The van der Waals surface area contributed by atoms with Gasteiger partial charge in [0, 0.05) is 50.1 Å². The number of aromatic nitrogens is 2. The van der Waals surface area contributed by atoms with Crippen LogP contribution >= 0.6 is 23.2 Å². The van der Waals surface area contributed by atoms with Gasteiger partial charge in [-0.3, -0.25) is 14.4 Å². The van der Waals surface area contributed by atoms with Crippen LogP contribution in [0.3, 0.4) is 0 Å². The second kappa shape index (κ2) is 16.9. The summed E-state index contributed by atoms with van der Waals surface area (Å²) in [6.07, 6.45) is 2.98. The van der Waals surface area contributed by atoms with Crippen molar-refractivity contribution < 1.29 is 33.3 Å². The number of hydrogen-bond donors (Lipinski definition) is 0. The maximum Gasteiger partial charge on any atom is 0.308 e. The van der Waals surface area contributed by atoms with Crippen LogP contribution in [-0.4, -0.2) is 97.2 Å². The van der Waals surface area contributed by atoms with Crippen LogP contribution in [0.5, 0.6) is 17.2 Å². The smallest absolute Gasteiger partial charge is 0.308 e. The van der Waals surface area contributed by atoms with Crippen LogP contribution in [0.4, 0.5) is 0 Å². The standard InChI is InChI=1S/C40H46Cl2N4O7/c1-5-52-21-20-46-33-9-7-6-8-32(33)43-38(46)36(48)27-12-16-44(17-13-27)18-14-40(29-10-11-30(41)31(42)24-29)15-19-45(25-40)39(49)28-22-34(50-3)37(53-26(2)47)35(23-28)51-4/h6-11,22-24,27H,5,12-21,25H2,1-4H3. The van der Waals surface area contributed by atoms with Crippen molar-refractivity contribution in [2.75, 3.05) is 60.2 Å². The largest absolute Gasteiger partial charge is 0.493 e. The van der Waals surface area contributed by atoms with Gasteiger partial charge in [0.15, 0.2) is 17.3 Å². The molecule has 2 aliphatic heterocycles. The topological polar surface area (TPSA) is 112 Å². The van der Waals surface area contributed by atoms with E-state index in [-0.39, 0.29) is 40.3 Å². The van der Waals surface area contributed by atoms with Gasteiger partial charge in [-0.25, -0.2) is 4.98 Å². The summed E-state index contributed by atoms with van der Waals surface area (Å²) in [6, 6.07) is 16.7. The number of halogens is 2. The highest BCUT2D eigenvalue weighted by atomic mass is 35.5. The highest BCUT2D eigenvalue weighted by molar-refractivity contribution is 6.42. The van der Waals surface area contributed by atoms with Crippen LogP contribution in [0.25, 0.3) is 11.0 Å². The first-order valence-corrected chi connectivity index (χ1v) is 18.8. The number of methoxy groups -OCH3 is 2. The van der Waals surface area contributed by atoms with Crippen molar-refractivity contribution in [1.82, 2.24) is 19.4 Å². The molecule has 2 saturated heterocycles. The molecule has 11 nitrogen and oxygen atoms in total. The zero-order chi connectivity index (χ0) is 37.7. The molecule has 1 aromatic heterocycles. The van der Waals surface area contributed by atoms with E-state index in [1.54, 1.807) is 12.1 Å². The quantitative estimate of drug-likeness (QED) is 0.0575. The molecule has 1 atom stereocenters. The Kier molecular flexibility index (Phi) is 12.3. The number of fused-ring (bicyclic) bond motifs is 1. The molecule has 2 aliphatic rings. The first-order chi connectivity index (χ1) is 25.6. The SMILES string of the molecule is CCOCCn1c(C(=O)C2CCN(CCC3(c4ccc(Cl)c(Cl)c4)CCN(C(=O)c4cc(OC)c(OC(C)=O)c(OC)c4)C3)CC2)nc2ccccc21. The summed E-state index contributed by atoms with van der Waals surface area (Å²) in [5.74, 6) is 0.333. The predicted octanol–water partition coefficient (Wildman–Crippen LogP) is 7.09. The fourth-order valence-electron chi connectivity index (χ4n) is 7.65. The number of imidazole rings is 1. The fraction of sp³-hybridized carbons (Fsp3) is 0.450. The molecule has 1 amide bonds. The second-order valence-corrected chi connectivity index (χ2v) is 14.5. The first-order valence-electron chi connectivity index (χ1n) is 18.1. The van der Waals surface area contributed by atoms with Gasteiger partial charge in [0.25, 0.3) is 5.91 Å². The summed E-state index contributed by atoms with van der Waals surface area (Å²) in [5, 5.41) is 0.942. The molecule has 0 bridgehead atoms. The number of nitrogens with zero attached hydrogens (tertiary/aromatic N) is 4. The average Bonchev–Trinajstić information content (AvgIpc) is 3.77. The van der Waals surface area contributed by atoms with Crippen molar-refractivity contribution in [3.63, 3.8) is 0 Å². The van der Waals surface area contributed by atoms with Crippen LogP contribution in [0.15, 0.2) is 54.6 Å². The number of esters is 1. The minimum Gasteiger partial charge on any atom is -0.493 e. The minimum absolute atomic E-state index is 0.0868. The van der Waals surface area contributed by atoms with Gasteiger partial charge in [-0.1, -0.05) is 41.4 Å². The summed E-state index contributed by atoms with van der Waals surface area (Å²) >= 11 is 12.9. The molecule has 0 spiro atoms. The number of Topliss-reactive ketones (excluding diaryl/α,β-unsaturated/α-hetero) is 1. The summed E-state index contributed by atoms with van der Waals surface area (Å²) < 4.78 is 23.9. The molecule has 53 heavy (non-hydrogen) atoms. The molecule has 4 aromatic rings. The summed E-state index contributed by atoms with van der Waals surface area (Å²) in [5.41, 5.74) is 2.77. The van der Waals surface area contributed by atoms with Gasteiger partial charge in [-0.15, -0.1) is 0 Å². The van der Waals surface area contributed by atoms with Gasteiger partial charge < -0.3 is 33.3 Å². The Morgan fingerprint density at radius 3 is 2.30 bits per heavy atom. The van der Waals surface area contributed by atoms with Crippen molar-refractivity contribution in [3.05, 3.63) is 81.6 Å². The lowest BCUT2D eigenvalue weighted by Crippen LogP contribution is -2.41. The highest BCUT2D eigenvalue weighted by Crippen LogP contribution is 2.43. The summed E-state index contributed by atoms with van der Waals surface area (Å²) in [7, 11) is 2.89. The Morgan fingerprint density at radius 2 is 1.64 bits per heavy atom. The van der Waals surface area contributed by atoms with Crippen molar-refractivity contribution >= 4 is 51.9 Å². The third-order valence-corrected chi connectivity index (χ3v) is 11.3. The van der Waals surface area contributed by atoms with Gasteiger partial charge in [-0.05, 0) is 94.2 Å². The van der Waals surface area contributed by atoms with Crippen molar-refractivity contribution in [3.8, 4) is 17.2 Å². The Bertz CT molecular complexity index is 1950. The molecule has 0 saturated carbocycles. The van der Waals surface area contributed by atoms with E-state index in [0.29, 0.717) is 54.3 Å². The van der Waals surface area contributed by atoms with E-state index in [2.05, 4.69) is 4.90 Å². The van der Waals surface area contributed by atoms with Crippen LogP contribution in [0, 0.1) is 5.92 Å². The Balaban J connectivity index is 1.16. The number of ether oxygens (including phenoxy) is 4. The molecule has 1 unspecified atom stereocenters. The molecule has 13 heteroatoms. The average molecular weight is 766 g/mol. The molecular formula is C40H46Cl2N4O7. The fourth-order valence-corrected chi connectivity index (χ4v) is 7.95. The van der Waals surface area contributed by atoms with Crippen LogP contribution in [-0.2, 0) is 21.5 Å². The minimum atomic E-state index is -0.531.